The van der Waals surface area contributed by atoms with Crippen molar-refractivity contribution in [3.8, 4) is 0 Å². The van der Waals surface area contributed by atoms with E-state index >= 15 is 0 Å². The quantitative estimate of drug-likeness (QED) is 0.709. The van der Waals surface area contributed by atoms with E-state index in [4.69, 9.17) is 0 Å². The van der Waals surface area contributed by atoms with Crippen LogP contribution in [0.1, 0.15) is 15.5 Å². The Morgan fingerprint density at radius 2 is 2.54 bits per heavy atom. The average molecular weight is 197 g/mol. The van der Waals surface area contributed by atoms with Crippen LogP contribution < -0.4 is 10.6 Å². The predicted molar refractivity (Wildman–Crippen MR) is 51.0 cm³/mol. The second kappa shape index (κ2) is 3.43. The van der Waals surface area contributed by atoms with Crippen LogP contribution in [0.25, 0.3) is 0 Å². The van der Waals surface area contributed by atoms with E-state index in [2.05, 4.69) is 15.6 Å². The Balaban J connectivity index is 1.96. The first-order valence-corrected chi connectivity index (χ1v) is 5.07. The Bertz CT molecular complexity index is 319. The lowest BCUT2D eigenvalue weighted by molar-refractivity contribution is 0.0919. The molecule has 2 heterocycles. The van der Waals surface area contributed by atoms with Crippen molar-refractivity contribution in [3.63, 3.8) is 0 Å². The number of hydrogen-bond donors (Lipinski definition) is 2. The van der Waals surface area contributed by atoms with Crippen molar-refractivity contribution in [1.82, 2.24) is 15.6 Å². The average Bonchev–Trinajstić information content (AvgIpc) is 2.44. The Kier molecular flexibility index (Phi) is 2.28. The first-order valence-electron chi connectivity index (χ1n) is 4.19. The molecule has 5 heteroatoms. The summed E-state index contributed by atoms with van der Waals surface area (Å²) >= 11 is 1.50. The van der Waals surface area contributed by atoms with Crippen molar-refractivity contribution in [2.45, 2.75) is 13.0 Å². The van der Waals surface area contributed by atoms with E-state index in [1.165, 1.54) is 11.3 Å². The lowest BCUT2D eigenvalue weighted by atomic mass is 10.2. The van der Waals surface area contributed by atoms with Gasteiger partial charge in [0.15, 0.2) is 0 Å². The zero-order valence-electron chi connectivity index (χ0n) is 7.33. The molecule has 13 heavy (non-hydrogen) atoms. The van der Waals surface area contributed by atoms with E-state index in [0.717, 1.165) is 18.1 Å². The standard InChI is InChI=1S/C8H11N3OS/c1-5-10-7(4-13-5)8(12)11-6-2-9-3-6/h4,6,9H,2-3H2,1H3,(H,11,12). The Hall–Kier alpha value is -0.940. The van der Waals surface area contributed by atoms with E-state index in [9.17, 15) is 4.79 Å². The van der Waals surface area contributed by atoms with Crippen LogP contribution in [0.15, 0.2) is 5.38 Å². The van der Waals surface area contributed by atoms with Gasteiger partial charge in [-0.15, -0.1) is 11.3 Å². The third kappa shape index (κ3) is 1.87. The third-order valence-corrected chi connectivity index (χ3v) is 2.74. The summed E-state index contributed by atoms with van der Waals surface area (Å²) in [5.41, 5.74) is 0.536. The van der Waals surface area contributed by atoms with E-state index in [1.54, 1.807) is 5.38 Å². The number of hydrogen-bond acceptors (Lipinski definition) is 4. The Labute approximate surface area is 80.4 Å². The predicted octanol–water partition coefficient (Wildman–Crippen LogP) is 0.153. The normalized spacial score (nSPS) is 16.7. The van der Waals surface area contributed by atoms with Crippen LogP contribution in [0.3, 0.4) is 0 Å². The Morgan fingerprint density at radius 1 is 1.77 bits per heavy atom. The molecule has 2 N–H and O–H groups in total. The van der Waals surface area contributed by atoms with Crippen molar-refractivity contribution < 1.29 is 4.79 Å². The summed E-state index contributed by atoms with van der Waals surface area (Å²) in [6, 6.07) is 0.287. The van der Waals surface area contributed by atoms with Gasteiger partial charge in [0, 0.05) is 18.5 Å². The van der Waals surface area contributed by atoms with Crippen LogP contribution in [-0.4, -0.2) is 30.0 Å². The summed E-state index contributed by atoms with van der Waals surface area (Å²) in [5.74, 6) is -0.0594. The number of aryl methyl sites for hydroxylation is 1. The third-order valence-electron chi connectivity index (χ3n) is 1.97. The van der Waals surface area contributed by atoms with Crippen molar-refractivity contribution in [2.24, 2.45) is 0 Å². The number of amides is 1. The molecule has 1 aromatic heterocycles. The molecule has 1 aliphatic heterocycles. The summed E-state index contributed by atoms with van der Waals surface area (Å²) in [7, 11) is 0. The van der Waals surface area contributed by atoms with Crippen molar-refractivity contribution >= 4 is 17.2 Å². The van der Waals surface area contributed by atoms with Crippen LogP contribution in [0.4, 0.5) is 0 Å². The van der Waals surface area contributed by atoms with Gasteiger partial charge in [0.25, 0.3) is 5.91 Å². The molecule has 0 radical (unpaired) electrons. The molecular formula is C8H11N3OS. The van der Waals surface area contributed by atoms with Crippen LogP contribution in [-0.2, 0) is 0 Å². The maximum atomic E-state index is 11.5. The molecule has 0 bridgehead atoms. The van der Waals surface area contributed by atoms with Crippen LogP contribution in [0.5, 0.6) is 0 Å². The number of carbonyl (C=O) groups is 1. The highest BCUT2D eigenvalue weighted by Gasteiger charge is 2.20. The first-order chi connectivity index (χ1) is 6.25. The fourth-order valence-corrected chi connectivity index (χ4v) is 1.71. The smallest absolute Gasteiger partial charge is 0.271 e. The monoisotopic (exact) mass is 197 g/mol. The van der Waals surface area contributed by atoms with Gasteiger partial charge in [0.2, 0.25) is 0 Å². The number of rotatable bonds is 2. The van der Waals surface area contributed by atoms with E-state index in [0.29, 0.717) is 5.69 Å². The minimum Gasteiger partial charge on any atom is -0.345 e. The molecule has 0 spiro atoms. The van der Waals surface area contributed by atoms with Crippen molar-refractivity contribution in [1.29, 1.82) is 0 Å². The van der Waals surface area contributed by atoms with Crippen molar-refractivity contribution in [3.05, 3.63) is 16.1 Å². The van der Waals surface area contributed by atoms with Gasteiger partial charge < -0.3 is 10.6 Å². The van der Waals surface area contributed by atoms with Gasteiger partial charge in [-0.2, -0.15) is 0 Å². The number of thiazole rings is 1. The highest BCUT2D eigenvalue weighted by Crippen LogP contribution is 2.08. The summed E-state index contributed by atoms with van der Waals surface area (Å²) in [6.45, 7) is 3.63. The molecule has 2 rings (SSSR count). The number of nitrogens with one attached hydrogen (secondary N) is 2. The molecule has 1 amide bonds. The molecule has 1 fully saturated rings. The molecule has 0 atom stereocenters. The van der Waals surface area contributed by atoms with Gasteiger partial charge in [-0.25, -0.2) is 4.98 Å². The maximum Gasteiger partial charge on any atom is 0.271 e. The molecule has 0 saturated carbocycles. The molecular weight excluding hydrogens is 186 g/mol. The molecule has 70 valence electrons. The molecule has 4 nitrogen and oxygen atoms in total. The molecule has 0 unspecified atom stereocenters. The largest absolute Gasteiger partial charge is 0.345 e. The van der Waals surface area contributed by atoms with Gasteiger partial charge in [0.05, 0.1) is 11.0 Å². The minimum absolute atomic E-state index is 0.0594. The second-order valence-corrected chi connectivity index (χ2v) is 4.14. The summed E-state index contributed by atoms with van der Waals surface area (Å²) in [5, 5.41) is 8.70. The Morgan fingerprint density at radius 3 is 3.00 bits per heavy atom. The van der Waals surface area contributed by atoms with Crippen molar-refractivity contribution in [2.75, 3.05) is 13.1 Å². The zero-order chi connectivity index (χ0) is 9.26. The van der Waals surface area contributed by atoms with Crippen LogP contribution >= 0.6 is 11.3 Å². The summed E-state index contributed by atoms with van der Waals surface area (Å²) < 4.78 is 0. The lowest BCUT2D eigenvalue weighted by Crippen LogP contribution is -2.56. The van der Waals surface area contributed by atoms with E-state index in [-0.39, 0.29) is 11.9 Å². The number of aromatic nitrogens is 1. The maximum absolute atomic E-state index is 11.5. The summed E-state index contributed by atoms with van der Waals surface area (Å²) in [6.07, 6.45) is 0. The first kappa shape index (κ1) is 8.65. The second-order valence-electron chi connectivity index (χ2n) is 3.08. The van der Waals surface area contributed by atoms with E-state index in [1.807, 2.05) is 6.92 Å². The van der Waals surface area contributed by atoms with Gasteiger partial charge in [-0.05, 0) is 6.92 Å². The number of carbonyl (C=O) groups excluding carboxylic acids is 1. The van der Waals surface area contributed by atoms with Gasteiger partial charge in [-0.3, -0.25) is 4.79 Å². The van der Waals surface area contributed by atoms with Crippen LogP contribution in [0.2, 0.25) is 0 Å². The van der Waals surface area contributed by atoms with Gasteiger partial charge in [0.1, 0.15) is 5.69 Å². The topological polar surface area (TPSA) is 54.0 Å². The van der Waals surface area contributed by atoms with E-state index < -0.39 is 0 Å². The molecule has 1 aliphatic rings. The SMILES string of the molecule is Cc1nc(C(=O)NC2CNC2)cs1. The fraction of sp³-hybridized carbons (Fsp3) is 0.500. The minimum atomic E-state index is -0.0594. The van der Waals surface area contributed by atoms with Crippen LogP contribution in [0, 0.1) is 6.92 Å². The zero-order valence-corrected chi connectivity index (χ0v) is 8.15. The highest BCUT2D eigenvalue weighted by molar-refractivity contribution is 7.09. The lowest BCUT2D eigenvalue weighted by Gasteiger charge is -2.27. The molecule has 1 saturated heterocycles. The number of nitrogens with zero attached hydrogens (tertiary/aromatic N) is 1. The molecule has 0 aliphatic carbocycles. The van der Waals surface area contributed by atoms with Gasteiger partial charge >= 0.3 is 0 Å². The molecule has 0 aromatic carbocycles. The fourth-order valence-electron chi connectivity index (χ4n) is 1.12. The highest BCUT2D eigenvalue weighted by atomic mass is 32.1. The molecule has 1 aromatic rings. The van der Waals surface area contributed by atoms with Gasteiger partial charge in [-0.1, -0.05) is 0 Å². The summed E-state index contributed by atoms with van der Waals surface area (Å²) in [4.78, 5) is 15.6.